The van der Waals surface area contributed by atoms with Gasteiger partial charge in [0.1, 0.15) is 0 Å². The van der Waals surface area contributed by atoms with Crippen LogP contribution in [0.4, 0.5) is 0 Å². The topological polar surface area (TPSA) is 0 Å². The summed E-state index contributed by atoms with van der Waals surface area (Å²) >= 11 is 0. The molecule has 0 saturated heterocycles. The molecule has 132 valence electrons. The molecule has 24 heavy (non-hydrogen) atoms. The normalized spacial score (nSPS) is 18.7. The summed E-state index contributed by atoms with van der Waals surface area (Å²) in [5.41, 5.74) is 4.96. The fraction of sp³-hybridized carbons (Fsp3) is 0.565. The molecule has 1 aromatic rings. The Morgan fingerprint density at radius 3 is 2.12 bits per heavy atom. The van der Waals surface area contributed by atoms with E-state index in [9.17, 15) is 0 Å². The van der Waals surface area contributed by atoms with Crippen molar-refractivity contribution in [2.24, 2.45) is 0 Å². The third-order valence-corrected chi connectivity index (χ3v) is 7.65. The van der Waals surface area contributed by atoms with Crippen molar-refractivity contribution in [1.82, 2.24) is 0 Å². The van der Waals surface area contributed by atoms with Crippen LogP contribution in [0.2, 0.25) is 19.6 Å². The van der Waals surface area contributed by atoms with E-state index in [1.165, 1.54) is 50.5 Å². The van der Waals surface area contributed by atoms with Crippen LogP contribution in [0, 0.1) is 0 Å². The Balaban J connectivity index is 2.46. The second-order valence-corrected chi connectivity index (χ2v) is 13.5. The molecule has 0 fully saturated rings. The lowest BCUT2D eigenvalue weighted by Crippen LogP contribution is -2.28. The van der Waals surface area contributed by atoms with E-state index in [0.29, 0.717) is 5.92 Å². The van der Waals surface area contributed by atoms with Crippen LogP contribution in [-0.2, 0) is 0 Å². The summed E-state index contributed by atoms with van der Waals surface area (Å²) in [6.07, 6.45) is 11.7. The first-order valence-corrected chi connectivity index (χ1v) is 13.4. The quantitative estimate of drug-likeness (QED) is 0.426. The van der Waals surface area contributed by atoms with Gasteiger partial charge in [-0.15, -0.1) is 0 Å². The van der Waals surface area contributed by atoms with Crippen LogP contribution in [0.3, 0.4) is 0 Å². The van der Waals surface area contributed by atoms with Crippen molar-refractivity contribution in [1.29, 1.82) is 0 Å². The molecule has 1 unspecified atom stereocenters. The highest BCUT2D eigenvalue weighted by molar-refractivity contribution is 6.83. The average molecular weight is 341 g/mol. The Labute approximate surface area is 151 Å². The fourth-order valence-electron chi connectivity index (χ4n) is 3.76. The summed E-state index contributed by atoms with van der Waals surface area (Å²) < 4.78 is 0. The molecule has 0 bridgehead atoms. The van der Waals surface area contributed by atoms with Crippen molar-refractivity contribution in [3.63, 3.8) is 0 Å². The lowest BCUT2D eigenvalue weighted by Gasteiger charge is -2.34. The van der Waals surface area contributed by atoms with Gasteiger partial charge >= 0.3 is 0 Å². The molecule has 0 saturated carbocycles. The van der Waals surface area contributed by atoms with Crippen LogP contribution < -0.4 is 0 Å². The van der Waals surface area contributed by atoms with Gasteiger partial charge in [-0.05, 0) is 43.2 Å². The highest BCUT2D eigenvalue weighted by Crippen LogP contribution is 2.43. The van der Waals surface area contributed by atoms with Gasteiger partial charge in [0.05, 0.1) is 8.07 Å². The Kier molecular flexibility index (Phi) is 7.10. The van der Waals surface area contributed by atoms with Gasteiger partial charge in [0.2, 0.25) is 0 Å². The molecule has 0 aliphatic heterocycles. The van der Waals surface area contributed by atoms with Gasteiger partial charge in [0, 0.05) is 5.92 Å². The lowest BCUT2D eigenvalue weighted by atomic mass is 9.78. The SMILES string of the molecule is CCCCC1=C(CCCC)C(c2ccccc2)CC([Si](C)(C)C)=C1. The molecule has 1 heteroatoms. The van der Waals surface area contributed by atoms with Crippen molar-refractivity contribution < 1.29 is 0 Å². The molecule has 2 rings (SSSR count). The first kappa shape index (κ1) is 19.2. The van der Waals surface area contributed by atoms with E-state index in [1.54, 1.807) is 16.3 Å². The molecule has 1 aromatic carbocycles. The Morgan fingerprint density at radius 2 is 1.54 bits per heavy atom. The highest BCUT2D eigenvalue weighted by Gasteiger charge is 2.30. The van der Waals surface area contributed by atoms with Gasteiger partial charge in [0.25, 0.3) is 0 Å². The maximum atomic E-state index is 2.63. The first-order valence-electron chi connectivity index (χ1n) is 9.95. The van der Waals surface area contributed by atoms with E-state index in [4.69, 9.17) is 0 Å². The van der Waals surface area contributed by atoms with E-state index in [2.05, 4.69) is 69.9 Å². The van der Waals surface area contributed by atoms with Crippen molar-refractivity contribution in [3.8, 4) is 0 Å². The predicted octanol–water partition coefficient (Wildman–Crippen LogP) is 7.65. The highest BCUT2D eigenvalue weighted by atomic mass is 28.3. The molecule has 1 aliphatic rings. The zero-order valence-corrected chi connectivity index (χ0v) is 17.5. The van der Waals surface area contributed by atoms with Crippen LogP contribution in [0.25, 0.3) is 0 Å². The van der Waals surface area contributed by atoms with Gasteiger partial charge in [0.15, 0.2) is 0 Å². The van der Waals surface area contributed by atoms with E-state index in [1.807, 2.05) is 0 Å². The Hall–Kier alpha value is -1.08. The third kappa shape index (κ3) is 4.96. The van der Waals surface area contributed by atoms with Gasteiger partial charge in [-0.3, -0.25) is 0 Å². The van der Waals surface area contributed by atoms with Gasteiger partial charge in [-0.25, -0.2) is 0 Å². The molecule has 1 aliphatic carbocycles. The minimum absolute atomic E-state index is 0.622. The summed E-state index contributed by atoms with van der Waals surface area (Å²) in [7, 11) is -1.25. The molecule has 0 N–H and O–H groups in total. The smallest absolute Gasteiger partial charge is 0.0724 e. The molecule has 1 atom stereocenters. The van der Waals surface area contributed by atoms with Crippen LogP contribution in [0.5, 0.6) is 0 Å². The average Bonchev–Trinajstić information content (AvgIpc) is 2.57. The molecular formula is C23H36Si. The zero-order chi connectivity index (χ0) is 17.6. The third-order valence-electron chi connectivity index (χ3n) is 5.37. The monoisotopic (exact) mass is 340 g/mol. The number of hydrogen-bond donors (Lipinski definition) is 0. The molecule has 0 heterocycles. The van der Waals surface area contributed by atoms with E-state index in [0.717, 1.165) is 0 Å². The molecule has 0 amide bonds. The predicted molar refractivity (Wildman–Crippen MR) is 111 cm³/mol. The van der Waals surface area contributed by atoms with Gasteiger partial charge in [-0.2, -0.15) is 0 Å². The Bertz CT molecular complexity index is 572. The molecule has 0 radical (unpaired) electrons. The number of hydrogen-bond acceptors (Lipinski definition) is 0. The van der Waals surface area contributed by atoms with Crippen LogP contribution >= 0.6 is 0 Å². The largest absolute Gasteiger partial charge is 0.0799 e. The summed E-state index contributed by atoms with van der Waals surface area (Å²) in [5.74, 6) is 0.622. The molecule has 0 spiro atoms. The second kappa shape index (κ2) is 8.85. The number of unbranched alkanes of at least 4 members (excludes halogenated alkanes) is 2. The summed E-state index contributed by atoms with van der Waals surface area (Å²) in [5, 5.41) is 1.77. The van der Waals surface area contributed by atoms with Crippen molar-refractivity contribution in [2.75, 3.05) is 0 Å². The van der Waals surface area contributed by atoms with Gasteiger partial charge < -0.3 is 0 Å². The van der Waals surface area contributed by atoms with Crippen molar-refractivity contribution in [2.45, 2.75) is 84.4 Å². The minimum atomic E-state index is -1.25. The number of rotatable bonds is 8. The Morgan fingerprint density at radius 1 is 0.917 bits per heavy atom. The lowest BCUT2D eigenvalue weighted by molar-refractivity contribution is 0.663. The summed E-state index contributed by atoms with van der Waals surface area (Å²) in [6.45, 7) is 12.2. The first-order chi connectivity index (χ1) is 11.5. The maximum Gasteiger partial charge on any atom is 0.0724 e. The van der Waals surface area contributed by atoms with Crippen LogP contribution in [0.1, 0.15) is 70.3 Å². The van der Waals surface area contributed by atoms with E-state index >= 15 is 0 Å². The van der Waals surface area contributed by atoms with Crippen molar-refractivity contribution >= 4 is 8.07 Å². The van der Waals surface area contributed by atoms with Crippen molar-refractivity contribution in [3.05, 3.63) is 58.3 Å². The number of benzene rings is 1. The molecular weight excluding hydrogens is 304 g/mol. The van der Waals surface area contributed by atoms with E-state index in [-0.39, 0.29) is 0 Å². The zero-order valence-electron chi connectivity index (χ0n) is 16.5. The van der Waals surface area contributed by atoms with Crippen LogP contribution in [0.15, 0.2) is 52.8 Å². The molecule has 0 nitrogen and oxygen atoms in total. The summed E-state index contributed by atoms with van der Waals surface area (Å²) in [4.78, 5) is 0. The molecule has 0 aromatic heterocycles. The fourth-order valence-corrected chi connectivity index (χ4v) is 5.18. The number of allylic oxidation sites excluding steroid dienone is 4. The van der Waals surface area contributed by atoms with Crippen LogP contribution in [-0.4, -0.2) is 8.07 Å². The van der Waals surface area contributed by atoms with Gasteiger partial charge in [-0.1, -0.05) is 93.5 Å². The second-order valence-electron chi connectivity index (χ2n) is 8.34. The maximum absolute atomic E-state index is 2.63. The standard InChI is InChI=1S/C23H36Si/c1-6-8-13-20-17-21(24(3,4)5)18-23(22(20)16-9-7-2)19-14-11-10-12-15-19/h10-12,14-15,17,23H,6-9,13,16,18H2,1-5H3. The summed E-state index contributed by atoms with van der Waals surface area (Å²) in [6, 6.07) is 11.3. The van der Waals surface area contributed by atoms with E-state index < -0.39 is 8.07 Å². The minimum Gasteiger partial charge on any atom is -0.0799 e.